The van der Waals surface area contributed by atoms with E-state index in [-0.39, 0.29) is 9.79 Å². The molecule has 0 aliphatic carbocycles. The molecular formula is C20H22N4O5S2. The second-order valence-electron chi connectivity index (χ2n) is 7.32. The van der Waals surface area contributed by atoms with Gasteiger partial charge in [0.1, 0.15) is 11.7 Å². The molecule has 1 aliphatic heterocycles. The van der Waals surface area contributed by atoms with Gasteiger partial charge >= 0.3 is 6.03 Å². The lowest BCUT2D eigenvalue weighted by atomic mass is 10.0. The van der Waals surface area contributed by atoms with Crippen molar-refractivity contribution in [3.05, 3.63) is 59.7 Å². The number of rotatable bonds is 6. The summed E-state index contributed by atoms with van der Waals surface area (Å²) < 4.78 is 53.2. The van der Waals surface area contributed by atoms with Crippen LogP contribution in [0.25, 0.3) is 0 Å². The molecule has 3 rings (SSSR count). The lowest BCUT2D eigenvalue weighted by Gasteiger charge is -2.27. The highest BCUT2D eigenvalue weighted by Gasteiger charge is 2.44. The first-order chi connectivity index (χ1) is 14.4. The van der Waals surface area contributed by atoms with Crippen molar-refractivity contribution >= 4 is 37.4 Å². The Morgan fingerprint density at radius 1 is 0.806 bits per heavy atom. The van der Waals surface area contributed by atoms with Gasteiger partial charge in [0, 0.05) is 0 Å². The fourth-order valence-corrected chi connectivity index (χ4v) is 7.37. The van der Waals surface area contributed by atoms with Crippen molar-refractivity contribution in [2.24, 2.45) is 27.4 Å². The Balaban J connectivity index is 2.14. The Hall–Kier alpha value is -3.05. The number of amides is 2. The third kappa shape index (κ3) is 4.67. The highest BCUT2D eigenvalue weighted by Crippen LogP contribution is 2.28. The van der Waals surface area contributed by atoms with Crippen LogP contribution in [0, 0.1) is 19.8 Å². The smallest absolute Gasteiger partial charge is 0.370 e. The van der Waals surface area contributed by atoms with Gasteiger partial charge < -0.3 is 11.5 Å². The van der Waals surface area contributed by atoms with Gasteiger partial charge in [0.25, 0.3) is 0 Å². The maximum Gasteiger partial charge on any atom is 0.370 e. The van der Waals surface area contributed by atoms with E-state index < -0.39 is 54.3 Å². The molecule has 0 radical (unpaired) electrons. The fourth-order valence-electron chi connectivity index (χ4n) is 3.24. The molecule has 4 N–H and O–H groups in total. The standard InChI is InChI=1S/C20H22N4O5S2/c1-12-3-7-14(8-4-12)30(26,27)11-16(17-18(21)23-20(25)24-19(17)22)31(28,29)15-9-5-13(2)6-10-15/h3-10,16-17H,11H2,1-2H3,(H4,21,22,23,24,25). The normalized spacial score (nSPS) is 16.5. The zero-order valence-electron chi connectivity index (χ0n) is 16.9. The highest BCUT2D eigenvalue weighted by atomic mass is 32.2. The molecule has 2 aromatic carbocycles. The third-order valence-corrected chi connectivity index (χ3v) is 9.13. The second kappa shape index (κ2) is 8.23. The maximum atomic E-state index is 13.5. The Morgan fingerprint density at radius 3 is 1.68 bits per heavy atom. The van der Waals surface area contributed by atoms with Crippen LogP contribution in [0.15, 0.2) is 68.3 Å². The Kier molecular flexibility index (Phi) is 6.01. The first-order valence-electron chi connectivity index (χ1n) is 9.24. The summed E-state index contributed by atoms with van der Waals surface area (Å²) in [7, 11) is -8.33. The van der Waals surface area contributed by atoms with Crippen LogP contribution in [0.3, 0.4) is 0 Å². The van der Waals surface area contributed by atoms with Crippen molar-refractivity contribution < 1.29 is 21.6 Å². The number of amidine groups is 2. The van der Waals surface area contributed by atoms with Crippen molar-refractivity contribution in [1.29, 1.82) is 0 Å². The molecule has 0 saturated heterocycles. The Morgan fingerprint density at radius 2 is 1.23 bits per heavy atom. The number of urea groups is 1. The zero-order chi connectivity index (χ0) is 23.0. The predicted octanol–water partition coefficient (Wildman–Crippen LogP) is 1.38. The van der Waals surface area contributed by atoms with Crippen LogP contribution in [0.1, 0.15) is 11.1 Å². The van der Waals surface area contributed by atoms with Crippen LogP contribution < -0.4 is 11.5 Å². The average Bonchev–Trinajstić information content (AvgIpc) is 2.67. The molecule has 1 aliphatic rings. The summed E-state index contributed by atoms with van der Waals surface area (Å²) in [5.41, 5.74) is 13.4. The number of benzene rings is 2. The number of carbonyl (C=O) groups excluding carboxylic acids is 1. The molecule has 11 heteroatoms. The summed E-state index contributed by atoms with van der Waals surface area (Å²) in [5.74, 6) is -2.98. The van der Waals surface area contributed by atoms with Crippen LogP contribution >= 0.6 is 0 Å². The average molecular weight is 463 g/mol. The van der Waals surface area contributed by atoms with E-state index in [1.165, 1.54) is 24.3 Å². The van der Waals surface area contributed by atoms with Crippen LogP contribution in [-0.2, 0) is 19.7 Å². The van der Waals surface area contributed by atoms with Gasteiger partial charge in [-0.25, -0.2) is 21.6 Å². The summed E-state index contributed by atoms with van der Waals surface area (Å²) >= 11 is 0. The van der Waals surface area contributed by atoms with Crippen molar-refractivity contribution in [2.45, 2.75) is 28.9 Å². The van der Waals surface area contributed by atoms with Gasteiger partial charge in [-0.05, 0) is 38.1 Å². The highest BCUT2D eigenvalue weighted by molar-refractivity contribution is 7.95. The van der Waals surface area contributed by atoms with Crippen molar-refractivity contribution in [3.63, 3.8) is 0 Å². The number of carbonyl (C=O) groups is 1. The van der Waals surface area contributed by atoms with Crippen molar-refractivity contribution in [2.75, 3.05) is 5.75 Å². The first-order valence-corrected chi connectivity index (χ1v) is 12.4. The van der Waals surface area contributed by atoms with Gasteiger partial charge in [-0.3, -0.25) is 0 Å². The Bertz CT molecular complexity index is 1260. The molecule has 2 amide bonds. The van der Waals surface area contributed by atoms with Crippen LogP contribution in [0.4, 0.5) is 4.79 Å². The van der Waals surface area contributed by atoms with Gasteiger partial charge in [0.2, 0.25) is 0 Å². The summed E-state index contributed by atoms with van der Waals surface area (Å²) in [6.07, 6.45) is 0. The number of nitrogens with two attached hydrogens (primary N) is 2. The fraction of sp³-hybridized carbons (Fsp3) is 0.250. The quantitative estimate of drug-likeness (QED) is 0.655. The molecule has 1 heterocycles. The molecule has 2 aromatic rings. The lowest BCUT2D eigenvalue weighted by Crippen LogP contribution is -2.51. The van der Waals surface area contributed by atoms with E-state index in [1.807, 2.05) is 0 Å². The van der Waals surface area contributed by atoms with Crippen molar-refractivity contribution in [1.82, 2.24) is 0 Å². The SMILES string of the molecule is Cc1ccc(S(=O)(=O)CC(C2C(N)=NC(=O)N=C2N)S(=O)(=O)c2ccc(C)cc2)cc1. The topological polar surface area (TPSA) is 162 Å². The number of hydrogen-bond acceptors (Lipinski definition) is 7. The molecule has 0 spiro atoms. The number of aliphatic imine (C=N–C) groups is 2. The Labute approximate surface area is 180 Å². The number of aryl methyl sites for hydroxylation is 2. The van der Waals surface area contributed by atoms with Crippen molar-refractivity contribution in [3.8, 4) is 0 Å². The molecular weight excluding hydrogens is 440 g/mol. The third-order valence-electron chi connectivity index (χ3n) is 4.97. The minimum Gasteiger partial charge on any atom is -0.386 e. The lowest BCUT2D eigenvalue weighted by molar-refractivity contribution is 0.256. The number of hydrogen-bond donors (Lipinski definition) is 2. The van der Waals surface area contributed by atoms with E-state index in [4.69, 9.17) is 11.5 Å². The van der Waals surface area contributed by atoms with Crippen LogP contribution in [0.5, 0.6) is 0 Å². The van der Waals surface area contributed by atoms with E-state index in [0.29, 0.717) is 0 Å². The minimum absolute atomic E-state index is 0.0416. The predicted molar refractivity (Wildman–Crippen MR) is 118 cm³/mol. The number of sulfone groups is 2. The van der Waals surface area contributed by atoms with Gasteiger partial charge in [-0.2, -0.15) is 9.98 Å². The van der Waals surface area contributed by atoms with Crippen LogP contribution in [0.2, 0.25) is 0 Å². The summed E-state index contributed by atoms with van der Waals surface area (Å²) in [4.78, 5) is 18.4. The van der Waals surface area contributed by atoms with E-state index in [0.717, 1.165) is 11.1 Å². The molecule has 0 saturated carbocycles. The first kappa shape index (κ1) is 22.6. The van der Waals surface area contributed by atoms with Gasteiger partial charge in [0.05, 0.1) is 26.7 Å². The molecule has 1 unspecified atom stereocenters. The van der Waals surface area contributed by atoms with Gasteiger partial charge in [-0.15, -0.1) is 0 Å². The largest absolute Gasteiger partial charge is 0.386 e. The molecule has 0 bridgehead atoms. The molecule has 0 fully saturated rings. The second-order valence-corrected chi connectivity index (χ2v) is 11.5. The monoisotopic (exact) mass is 462 g/mol. The minimum atomic E-state index is -4.26. The van der Waals surface area contributed by atoms with E-state index >= 15 is 0 Å². The molecule has 9 nitrogen and oxygen atoms in total. The maximum absolute atomic E-state index is 13.5. The molecule has 31 heavy (non-hydrogen) atoms. The molecule has 1 atom stereocenters. The van der Waals surface area contributed by atoms with Crippen LogP contribution in [-0.4, -0.2) is 45.5 Å². The summed E-state index contributed by atoms with van der Waals surface area (Å²) in [6, 6.07) is 11.0. The molecule has 164 valence electrons. The molecule has 0 aromatic heterocycles. The van der Waals surface area contributed by atoms with E-state index in [2.05, 4.69) is 9.98 Å². The van der Waals surface area contributed by atoms with E-state index in [9.17, 15) is 21.6 Å². The van der Waals surface area contributed by atoms with E-state index in [1.54, 1.807) is 38.1 Å². The summed E-state index contributed by atoms with van der Waals surface area (Å²) in [5, 5.41) is -1.64. The number of nitrogens with zero attached hydrogens (tertiary/aromatic N) is 2. The summed E-state index contributed by atoms with van der Waals surface area (Å²) in [6.45, 7) is 3.59. The zero-order valence-corrected chi connectivity index (χ0v) is 18.5. The van der Waals surface area contributed by atoms with Gasteiger partial charge in [0.15, 0.2) is 19.7 Å². The van der Waals surface area contributed by atoms with Gasteiger partial charge in [-0.1, -0.05) is 35.4 Å².